The number of nitrogens with zero attached hydrogens (tertiary/aromatic N) is 1. The fourth-order valence-electron chi connectivity index (χ4n) is 1.29. The predicted molar refractivity (Wildman–Crippen MR) is 45.5 cm³/mol. The second-order valence-corrected chi connectivity index (χ2v) is 3.57. The summed E-state index contributed by atoms with van der Waals surface area (Å²) in [5.41, 5.74) is 1.35. The van der Waals surface area contributed by atoms with Gasteiger partial charge in [0.05, 0.1) is 0 Å². The maximum Gasteiger partial charge on any atom is 0.0414 e. The Bertz CT molecular complexity index is 138. The summed E-state index contributed by atoms with van der Waals surface area (Å²) in [6, 6.07) is 0. The lowest BCUT2D eigenvalue weighted by molar-refractivity contribution is 0.510. The van der Waals surface area contributed by atoms with E-state index in [4.69, 9.17) is 0 Å². The van der Waals surface area contributed by atoms with Crippen LogP contribution < -0.4 is 0 Å². The Hall–Kier alpha value is -0.330. The van der Waals surface area contributed by atoms with Gasteiger partial charge in [0.2, 0.25) is 0 Å². The predicted octanol–water partition coefficient (Wildman–Crippen LogP) is 2.51. The molecular weight excluding hydrogens is 122 g/mol. The van der Waals surface area contributed by atoms with Gasteiger partial charge in [-0.25, -0.2) is 0 Å². The Morgan fingerprint density at radius 2 is 2.00 bits per heavy atom. The van der Waals surface area contributed by atoms with Gasteiger partial charge in [-0.15, -0.1) is 0 Å². The Labute approximate surface area is 63.5 Å². The van der Waals surface area contributed by atoms with Gasteiger partial charge in [-0.05, 0) is 31.6 Å². The lowest BCUT2D eigenvalue weighted by atomic mass is 9.98. The molecule has 0 saturated heterocycles. The quantitative estimate of drug-likeness (QED) is 0.489. The van der Waals surface area contributed by atoms with E-state index < -0.39 is 0 Å². The van der Waals surface area contributed by atoms with Crippen molar-refractivity contribution in [1.29, 1.82) is 0 Å². The topological polar surface area (TPSA) is 12.4 Å². The molecule has 1 rings (SSSR count). The van der Waals surface area contributed by atoms with E-state index in [-0.39, 0.29) is 0 Å². The smallest absolute Gasteiger partial charge is 0.0414 e. The molecule has 2 atom stereocenters. The fraction of sp³-hybridized carbons (Fsp3) is 0.889. The third-order valence-corrected chi connectivity index (χ3v) is 2.46. The minimum Gasteiger partial charge on any atom is -0.294 e. The van der Waals surface area contributed by atoms with Gasteiger partial charge in [-0.3, -0.25) is 4.99 Å². The van der Waals surface area contributed by atoms with Gasteiger partial charge < -0.3 is 0 Å². The van der Waals surface area contributed by atoms with E-state index in [2.05, 4.69) is 25.8 Å². The van der Waals surface area contributed by atoms with Crippen LogP contribution in [0.15, 0.2) is 4.99 Å². The van der Waals surface area contributed by atoms with Crippen molar-refractivity contribution in [3.63, 3.8) is 0 Å². The summed E-state index contributed by atoms with van der Waals surface area (Å²) < 4.78 is 0. The number of hydrogen-bond donors (Lipinski definition) is 0. The van der Waals surface area contributed by atoms with E-state index >= 15 is 0 Å². The first-order valence-corrected chi connectivity index (χ1v) is 4.21. The molecule has 1 aliphatic rings. The van der Waals surface area contributed by atoms with Crippen LogP contribution in [0.1, 0.15) is 33.6 Å². The Balaban J connectivity index is 2.55. The molecule has 0 saturated carbocycles. The summed E-state index contributed by atoms with van der Waals surface area (Å²) in [5, 5.41) is 0. The molecule has 0 N–H and O–H groups in total. The third kappa shape index (κ3) is 1.83. The molecular formula is C9H17N. The maximum absolute atomic E-state index is 4.50. The van der Waals surface area contributed by atoms with Gasteiger partial charge in [0.1, 0.15) is 0 Å². The van der Waals surface area contributed by atoms with Gasteiger partial charge >= 0.3 is 0 Å². The lowest BCUT2D eigenvalue weighted by Gasteiger charge is -2.06. The van der Waals surface area contributed by atoms with Crippen molar-refractivity contribution in [3.05, 3.63) is 0 Å². The fourth-order valence-corrected chi connectivity index (χ4v) is 1.29. The molecule has 10 heavy (non-hydrogen) atoms. The third-order valence-electron chi connectivity index (χ3n) is 2.46. The molecule has 1 heterocycles. The molecule has 58 valence electrons. The SMILES string of the molecule is CC1=NCC(C)CCC1C. The average Bonchev–Trinajstić information content (AvgIpc) is 2.04. The summed E-state index contributed by atoms with van der Waals surface area (Å²) in [7, 11) is 0. The Morgan fingerprint density at radius 1 is 1.30 bits per heavy atom. The van der Waals surface area contributed by atoms with Crippen LogP contribution in [0.25, 0.3) is 0 Å². The molecule has 0 spiro atoms. The zero-order chi connectivity index (χ0) is 7.56. The molecule has 1 aliphatic heterocycles. The van der Waals surface area contributed by atoms with Crippen molar-refractivity contribution >= 4 is 5.71 Å². The van der Waals surface area contributed by atoms with Crippen LogP contribution in [0.5, 0.6) is 0 Å². The van der Waals surface area contributed by atoms with Crippen molar-refractivity contribution in [2.24, 2.45) is 16.8 Å². The molecule has 0 radical (unpaired) electrons. The average molecular weight is 139 g/mol. The van der Waals surface area contributed by atoms with Crippen LogP contribution in [-0.2, 0) is 0 Å². The second-order valence-electron chi connectivity index (χ2n) is 3.57. The first-order chi connectivity index (χ1) is 4.70. The number of aliphatic imine (C=N–C) groups is 1. The van der Waals surface area contributed by atoms with E-state index in [0.717, 1.165) is 18.4 Å². The molecule has 0 amide bonds. The van der Waals surface area contributed by atoms with Crippen molar-refractivity contribution in [1.82, 2.24) is 0 Å². The van der Waals surface area contributed by atoms with E-state index in [0.29, 0.717) is 0 Å². The minimum absolute atomic E-state index is 0.727. The summed E-state index contributed by atoms with van der Waals surface area (Å²) in [6.45, 7) is 7.77. The standard InChI is InChI=1S/C9H17N/c1-7-4-5-8(2)9(3)10-6-7/h7-8H,4-6H2,1-3H3. The second kappa shape index (κ2) is 3.18. The van der Waals surface area contributed by atoms with Crippen molar-refractivity contribution < 1.29 is 0 Å². The Morgan fingerprint density at radius 3 is 2.70 bits per heavy atom. The van der Waals surface area contributed by atoms with Crippen LogP contribution in [-0.4, -0.2) is 12.3 Å². The van der Waals surface area contributed by atoms with E-state index in [1.165, 1.54) is 18.6 Å². The highest BCUT2D eigenvalue weighted by Crippen LogP contribution is 2.18. The van der Waals surface area contributed by atoms with Gasteiger partial charge in [0.25, 0.3) is 0 Å². The van der Waals surface area contributed by atoms with Crippen LogP contribution in [0.4, 0.5) is 0 Å². The normalized spacial score (nSPS) is 34.9. The van der Waals surface area contributed by atoms with E-state index in [1.807, 2.05) is 0 Å². The van der Waals surface area contributed by atoms with Crippen molar-refractivity contribution in [3.8, 4) is 0 Å². The summed E-state index contributed by atoms with van der Waals surface area (Å²) >= 11 is 0. The monoisotopic (exact) mass is 139 g/mol. The summed E-state index contributed by atoms with van der Waals surface area (Å²) in [6.07, 6.45) is 2.68. The van der Waals surface area contributed by atoms with E-state index in [9.17, 15) is 0 Å². The highest BCUT2D eigenvalue weighted by Gasteiger charge is 2.12. The van der Waals surface area contributed by atoms with Gasteiger partial charge in [-0.2, -0.15) is 0 Å². The van der Waals surface area contributed by atoms with Gasteiger partial charge in [-0.1, -0.05) is 13.8 Å². The minimum atomic E-state index is 0.727. The van der Waals surface area contributed by atoms with Crippen LogP contribution in [0.3, 0.4) is 0 Å². The molecule has 1 heteroatoms. The molecule has 0 aliphatic carbocycles. The lowest BCUT2D eigenvalue weighted by Crippen LogP contribution is -2.04. The molecule has 0 bridgehead atoms. The molecule has 0 aromatic carbocycles. The van der Waals surface area contributed by atoms with Crippen LogP contribution >= 0.6 is 0 Å². The number of rotatable bonds is 0. The van der Waals surface area contributed by atoms with Gasteiger partial charge in [0.15, 0.2) is 0 Å². The first kappa shape index (κ1) is 7.77. The Kier molecular flexibility index (Phi) is 2.47. The van der Waals surface area contributed by atoms with Crippen molar-refractivity contribution in [2.45, 2.75) is 33.6 Å². The zero-order valence-electron chi connectivity index (χ0n) is 7.22. The highest BCUT2D eigenvalue weighted by atomic mass is 14.7. The summed E-state index contributed by atoms with van der Waals surface area (Å²) in [4.78, 5) is 4.50. The first-order valence-electron chi connectivity index (χ1n) is 4.21. The van der Waals surface area contributed by atoms with Crippen molar-refractivity contribution in [2.75, 3.05) is 6.54 Å². The molecule has 0 aromatic heterocycles. The van der Waals surface area contributed by atoms with Crippen LogP contribution in [0, 0.1) is 11.8 Å². The van der Waals surface area contributed by atoms with Gasteiger partial charge in [0, 0.05) is 12.3 Å². The zero-order valence-corrected chi connectivity index (χ0v) is 7.22. The molecule has 1 nitrogen and oxygen atoms in total. The molecule has 2 unspecified atom stereocenters. The number of hydrogen-bond acceptors (Lipinski definition) is 1. The summed E-state index contributed by atoms with van der Waals surface area (Å²) in [5.74, 6) is 1.53. The largest absolute Gasteiger partial charge is 0.294 e. The molecule has 0 aromatic rings. The van der Waals surface area contributed by atoms with Crippen LogP contribution in [0.2, 0.25) is 0 Å². The highest BCUT2D eigenvalue weighted by molar-refractivity contribution is 5.84. The van der Waals surface area contributed by atoms with E-state index in [1.54, 1.807) is 0 Å². The maximum atomic E-state index is 4.50. The molecule has 0 fully saturated rings.